The summed E-state index contributed by atoms with van der Waals surface area (Å²) in [6.07, 6.45) is 0. The molecule has 0 heterocycles. The van der Waals surface area contributed by atoms with Gasteiger partial charge in [0.25, 0.3) is 11.3 Å². The first kappa shape index (κ1) is 24.0. The summed E-state index contributed by atoms with van der Waals surface area (Å²) in [5.41, 5.74) is 3.62. The molecular weight excluding hydrogens is 440 g/mol. The molecule has 2 unspecified atom stereocenters. The molecule has 0 saturated carbocycles. The molecule has 170 valence electrons. The van der Waals surface area contributed by atoms with Crippen LogP contribution in [0.5, 0.6) is 5.75 Å². The first-order chi connectivity index (χ1) is 15.8. The van der Waals surface area contributed by atoms with Gasteiger partial charge in [0.2, 0.25) is 0 Å². The highest BCUT2D eigenvalue weighted by atomic mass is 32.2. The average Bonchev–Trinajstić information content (AvgIpc) is 2.81. The standard InChI is InChI=1S/C25H24N2O5S/c1-17(2)24(25(28)29)27(33(30)31)22-10-6-20(7-11-22)21-8-12-23(13-9-21)32-16-19-5-3-4-18(14-19)15-26/h3-14,17,24H,16H2,1-2H3,(H,28,29)(H,30,31). The molecule has 3 aromatic carbocycles. The fraction of sp³-hybridized carbons (Fsp3) is 0.200. The lowest BCUT2D eigenvalue weighted by atomic mass is 10.0. The Morgan fingerprint density at radius 3 is 2.18 bits per heavy atom. The minimum atomic E-state index is -2.48. The summed E-state index contributed by atoms with van der Waals surface area (Å²) in [7, 11) is 0. The van der Waals surface area contributed by atoms with Gasteiger partial charge in [-0.3, -0.25) is 8.86 Å². The van der Waals surface area contributed by atoms with Crippen LogP contribution in [0.3, 0.4) is 0 Å². The van der Waals surface area contributed by atoms with Crippen molar-refractivity contribution in [2.75, 3.05) is 4.31 Å². The highest BCUT2D eigenvalue weighted by Gasteiger charge is 2.32. The molecule has 0 aliphatic carbocycles. The lowest BCUT2D eigenvalue weighted by Gasteiger charge is -2.29. The molecule has 7 nitrogen and oxygen atoms in total. The van der Waals surface area contributed by atoms with E-state index in [1.165, 1.54) is 0 Å². The molecular formula is C25H24N2O5S. The summed E-state index contributed by atoms with van der Waals surface area (Å²) in [6, 6.07) is 22.5. The van der Waals surface area contributed by atoms with Crippen LogP contribution < -0.4 is 9.04 Å². The Labute approximate surface area is 195 Å². The summed E-state index contributed by atoms with van der Waals surface area (Å²) in [5.74, 6) is -0.847. The van der Waals surface area contributed by atoms with E-state index < -0.39 is 23.3 Å². The van der Waals surface area contributed by atoms with Gasteiger partial charge in [0, 0.05) is 0 Å². The first-order valence-corrected chi connectivity index (χ1v) is 11.3. The van der Waals surface area contributed by atoms with Gasteiger partial charge in [-0.1, -0.05) is 50.2 Å². The van der Waals surface area contributed by atoms with Gasteiger partial charge in [0.15, 0.2) is 0 Å². The number of nitriles is 1. The molecule has 8 heteroatoms. The van der Waals surface area contributed by atoms with E-state index in [-0.39, 0.29) is 5.92 Å². The van der Waals surface area contributed by atoms with E-state index in [4.69, 9.17) is 10.00 Å². The molecule has 0 aliphatic heterocycles. The minimum absolute atomic E-state index is 0.346. The van der Waals surface area contributed by atoms with E-state index in [9.17, 15) is 18.7 Å². The largest absolute Gasteiger partial charge is 0.489 e. The highest BCUT2D eigenvalue weighted by Crippen LogP contribution is 2.28. The Balaban J connectivity index is 1.73. The lowest BCUT2D eigenvalue weighted by Crippen LogP contribution is -2.45. The lowest BCUT2D eigenvalue weighted by molar-refractivity contribution is -0.139. The van der Waals surface area contributed by atoms with Crippen LogP contribution in [0.4, 0.5) is 5.69 Å². The van der Waals surface area contributed by atoms with Crippen LogP contribution in [0.25, 0.3) is 11.1 Å². The molecule has 2 N–H and O–H groups in total. The molecule has 0 fully saturated rings. The first-order valence-electron chi connectivity index (χ1n) is 10.3. The van der Waals surface area contributed by atoms with E-state index >= 15 is 0 Å². The van der Waals surface area contributed by atoms with Crippen LogP contribution in [0.1, 0.15) is 25.0 Å². The van der Waals surface area contributed by atoms with Crippen LogP contribution in [0.15, 0.2) is 72.8 Å². The van der Waals surface area contributed by atoms with Crippen molar-refractivity contribution in [2.45, 2.75) is 26.5 Å². The molecule has 0 radical (unpaired) electrons. The van der Waals surface area contributed by atoms with Gasteiger partial charge in [-0.25, -0.2) is 9.00 Å². The third-order valence-corrected chi connectivity index (χ3v) is 5.85. The number of anilines is 1. The van der Waals surface area contributed by atoms with Crippen molar-refractivity contribution in [3.8, 4) is 22.9 Å². The summed E-state index contributed by atoms with van der Waals surface area (Å²) < 4.78 is 28.4. The number of aliphatic carboxylic acids is 1. The number of ether oxygens (including phenoxy) is 1. The predicted octanol–water partition coefficient (Wildman–Crippen LogP) is 4.86. The molecule has 3 aromatic rings. The van der Waals surface area contributed by atoms with Crippen molar-refractivity contribution in [3.05, 3.63) is 83.9 Å². The van der Waals surface area contributed by atoms with Crippen LogP contribution in [0, 0.1) is 17.2 Å². The quantitative estimate of drug-likeness (QED) is 0.438. The van der Waals surface area contributed by atoms with E-state index in [2.05, 4.69) is 6.07 Å². The second kappa shape index (κ2) is 10.8. The Morgan fingerprint density at radius 1 is 1.06 bits per heavy atom. The summed E-state index contributed by atoms with van der Waals surface area (Å²) >= 11 is -2.48. The summed E-state index contributed by atoms with van der Waals surface area (Å²) in [4.78, 5) is 11.6. The van der Waals surface area contributed by atoms with Gasteiger partial charge in [-0.2, -0.15) is 5.26 Å². The molecule has 0 amide bonds. The van der Waals surface area contributed by atoms with Gasteiger partial charge in [0.05, 0.1) is 17.3 Å². The number of nitrogens with zero attached hydrogens (tertiary/aromatic N) is 2. The SMILES string of the molecule is CC(C)C(C(=O)O)N(c1ccc(-c2ccc(OCc3cccc(C#N)c3)cc2)cc1)S(=O)O. The smallest absolute Gasteiger partial charge is 0.327 e. The monoisotopic (exact) mass is 464 g/mol. The number of hydrogen-bond acceptors (Lipinski definition) is 4. The van der Waals surface area contributed by atoms with Crippen LogP contribution in [-0.4, -0.2) is 25.9 Å². The van der Waals surface area contributed by atoms with Gasteiger partial charge >= 0.3 is 5.97 Å². The van der Waals surface area contributed by atoms with E-state index in [1.54, 1.807) is 50.2 Å². The maximum Gasteiger partial charge on any atom is 0.327 e. The number of carbonyl (C=O) groups is 1. The van der Waals surface area contributed by atoms with Crippen LogP contribution in [-0.2, 0) is 22.7 Å². The zero-order valence-corrected chi connectivity index (χ0v) is 19.0. The normalized spacial score (nSPS) is 12.6. The Kier molecular flexibility index (Phi) is 7.83. The second-order valence-electron chi connectivity index (χ2n) is 7.76. The highest BCUT2D eigenvalue weighted by molar-refractivity contribution is 7.80. The maximum absolute atomic E-state index is 11.9. The van der Waals surface area contributed by atoms with Crippen molar-refractivity contribution in [2.24, 2.45) is 5.92 Å². The average molecular weight is 465 g/mol. The number of carboxylic acids is 1. The Hall–Kier alpha value is -3.67. The molecule has 33 heavy (non-hydrogen) atoms. The third kappa shape index (κ3) is 5.98. The fourth-order valence-electron chi connectivity index (χ4n) is 3.45. The molecule has 0 aliphatic rings. The number of benzene rings is 3. The summed E-state index contributed by atoms with van der Waals surface area (Å²) in [5, 5.41) is 18.5. The molecule has 0 bridgehead atoms. The number of carboxylic acid groups (broad SMARTS) is 1. The van der Waals surface area contributed by atoms with Crippen molar-refractivity contribution >= 4 is 22.9 Å². The Morgan fingerprint density at radius 2 is 1.67 bits per heavy atom. The number of hydrogen-bond donors (Lipinski definition) is 2. The van der Waals surface area contributed by atoms with Gasteiger partial charge < -0.3 is 9.84 Å². The van der Waals surface area contributed by atoms with E-state index in [0.29, 0.717) is 23.6 Å². The Bertz CT molecular complexity index is 1170. The summed E-state index contributed by atoms with van der Waals surface area (Å²) in [6.45, 7) is 3.73. The molecule has 2 atom stereocenters. The van der Waals surface area contributed by atoms with Crippen molar-refractivity contribution < 1.29 is 23.4 Å². The van der Waals surface area contributed by atoms with E-state index in [0.717, 1.165) is 21.0 Å². The second-order valence-corrected chi connectivity index (χ2v) is 8.61. The topological polar surface area (TPSA) is 111 Å². The zero-order valence-electron chi connectivity index (χ0n) is 18.2. The molecule has 0 saturated heterocycles. The zero-order chi connectivity index (χ0) is 24.0. The molecule has 3 rings (SSSR count). The van der Waals surface area contributed by atoms with Crippen molar-refractivity contribution in [3.63, 3.8) is 0 Å². The fourth-order valence-corrected chi connectivity index (χ4v) is 4.28. The van der Waals surface area contributed by atoms with Crippen LogP contribution >= 0.6 is 0 Å². The third-order valence-electron chi connectivity index (χ3n) is 5.08. The van der Waals surface area contributed by atoms with Gasteiger partial charge in [-0.15, -0.1) is 0 Å². The van der Waals surface area contributed by atoms with E-state index in [1.807, 2.05) is 36.4 Å². The van der Waals surface area contributed by atoms with Crippen molar-refractivity contribution in [1.29, 1.82) is 5.26 Å². The maximum atomic E-state index is 11.9. The molecule has 0 aromatic heterocycles. The van der Waals surface area contributed by atoms with Crippen LogP contribution in [0.2, 0.25) is 0 Å². The predicted molar refractivity (Wildman–Crippen MR) is 127 cm³/mol. The van der Waals surface area contributed by atoms with Gasteiger partial charge in [0.1, 0.15) is 18.4 Å². The van der Waals surface area contributed by atoms with Gasteiger partial charge in [-0.05, 0) is 59.0 Å². The number of rotatable bonds is 9. The molecule has 0 spiro atoms. The van der Waals surface area contributed by atoms with Crippen molar-refractivity contribution in [1.82, 2.24) is 0 Å². The minimum Gasteiger partial charge on any atom is -0.489 e.